The number of aliphatic hydroxyl groups excluding tert-OH is 1. The molecule has 1 spiro atoms. The molecule has 240 valence electrons. The molecular formula is C35H38FN3O6Si. The van der Waals surface area contributed by atoms with Crippen molar-refractivity contribution in [3.63, 3.8) is 0 Å². The first-order chi connectivity index (χ1) is 22.1. The molecule has 3 aromatic rings. The Labute approximate surface area is 268 Å². The zero-order valence-corrected chi connectivity index (χ0v) is 27.2. The number of carbonyl (C=O) groups is 3. The predicted molar refractivity (Wildman–Crippen MR) is 174 cm³/mol. The van der Waals surface area contributed by atoms with Gasteiger partial charge in [0.25, 0.3) is 11.8 Å². The summed E-state index contributed by atoms with van der Waals surface area (Å²) >= 11 is 0. The van der Waals surface area contributed by atoms with Crippen LogP contribution in [0.3, 0.4) is 0 Å². The molecule has 5 atom stereocenters. The molecule has 46 heavy (non-hydrogen) atoms. The highest BCUT2D eigenvalue weighted by Gasteiger charge is 2.67. The van der Waals surface area contributed by atoms with Crippen molar-refractivity contribution in [2.24, 2.45) is 5.92 Å². The van der Waals surface area contributed by atoms with Crippen molar-refractivity contribution in [1.82, 2.24) is 4.90 Å². The molecule has 0 bridgehead atoms. The fourth-order valence-electron chi connectivity index (χ4n) is 8.16. The summed E-state index contributed by atoms with van der Waals surface area (Å²) in [6.07, 6.45) is 0.567. The number of halogens is 1. The maximum absolute atomic E-state index is 16.4. The van der Waals surface area contributed by atoms with Crippen LogP contribution in [-0.2, 0) is 24.7 Å². The Hall–Kier alpha value is -4.06. The fraction of sp³-hybridized carbons (Fsp3) is 0.400. The van der Waals surface area contributed by atoms with Gasteiger partial charge in [-0.05, 0) is 68.4 Å². The van der Waals surface area contributed by atoms with E-state index in [4.69, 9.17) is 9.47 Å². The van der Waals surface area contributed by atoms with Gasteiger partial charge in [0.05, 0.1) is 36.5 Å². The summed E-state index contributed by atoms with van der Waals surface area (Å²) in [5.74, 6) is -0.868. The van der Waals surface area contributed by atoms with Crippen LogP contribution in [0.2, 0.25) is 18.6 Å². The van der Waals surface area contributed by atoms with E-state index >= 15 is 4.11 Å². The van der Waals surface area contributed by atoms with Crippen LogP contribution in [0.4, 0.5) is 26.9 Å². The topological polar surface area (TPSA) is 99.6 Å². The maximum Gasteiger partial charge on any atom is 0.269 e. The second kappa shape index (κ2) is 11.3. The van der Waals surface area contributed by atoms with Gasteiger partial charge >= 0.3 is 0 Å². The summed E-state index contributed by atoms with van der Waals surface area (Å²) in [5, 5.41) is 9.87. The van der Waals surface area contributed by atoms with Crippen LogP contribution in [0.1, 0.15) is 31.7 Å². The molecule has 2 fully saturated rings. The van der Waals surface area contributed by atoms with Crippen molar-refractivity contribution in [2.75, 3.05) is 29.6 Å². The van der Waals surface area contributed by atoms with Crippen LogP contribution in [-0.4, -0.2) is 68.0 Å². The second-order valence-corrected chi connectivity index (χ2v) is 17.0. The van der Waals surface area contributed by atoms with Crippen LogP contribution < -0.4 is 14.5 Å². The van der Waals surface area contributed by atoms with Gasteiger partial charge in [0.2, 0.25) is 14.3 Å². The van der Waals surface area contributed by atoms with Crippen molar-refractivity contribution >= 4 is 48.9 Å². The van der Waals surface area contributed by atoms with E-state index in [1.54, 1.807) is 46.0 Å². The number of para-hydroxylation sites is 3. The van der Waals surface area contributed by atoms with Crippen LogP contribution in [0.15, 0.2) is 72.8 Å². The summed E-state index contributed by atoms with van der Waals surface area (Å²) in [6.45, 7) is 5.33. The monoisotopic (exact) mass is 643 g/mol. The van der Waals surface area contributed by atoms with E-state index in [0.717, 1.165) is 6.42 Å². The Kier molecular flexibility index (Phi) is 7.53. The largest absolute Gasteiger partial charge is 0.482 e. The highest BCUT2D eigenvalue weighted by molar-refractivity contribution is 6.72. The molecule has 4 heterocycles. The van der Waals surface area contributed by atoms with Crippen LogP contribution in [0.25, 0.3) is 0 Å². The van der Waals surface area contributed by atoms with E-state index in [1.807, 2.05) is 61.5 Å². The number of hydrogen-bond acceptors (Lipinski definition) is 6. The molecule has 4 aliphatic heterocycles. The third kappa shape index (κ3) is 4.66. The van der Waals surface area contributed by atoms with Gasteiger partial charge in [0.15, 0.2) is 12.2 Å². The lowest BCUT2D eigenvalue weighted by molar-refractivity contribution is -0.149. The molecule has 3 amide bonds. The Morgan fingerprint density at radius 3 is 2.48 bits per heavy atom. The molecule has 1 N–H and O–H groups in total. The highest BCUT2D eigenvalue weighted by Crippen LogP contribution is 2.62. The van der Waals surface area contributed by atoms with Gasteiger partial charge in [-0.25, -0.2) is 0 Å². The van der Waals surface area contributed by atoms with Gasteiger partial charge in [-0.1, -0.05) is 37.3 Å². The van der Waals surface area contributed by atoms with Crippen LogP contribution in [0.5, 0.6) is 5.75 Å². The first kappa shape index (κ1) is 30.6. The molecule has 4 aliphatic rings. The maximum atomic E-state index is 16.4. The molecule has 0 saturated carbocycles. The lowest BCUT2D eigenvalue weighted by Gasteiger charge is -2.32. The number of rotatable bonds is 6. The number of ether oxygens (including phenoxy) is 2. The van der Waals surface area contributed by atoms with Crippen molar-refractivity contribution < 1.29 is 33.1 Å². The van der Waals surface area contributed by atoms with E-state index in [0.29, 0.717) is 47.0 Å². The van der Waals surface area contributed by atoms with Crippen LogP contribution >= 0.6 is 0 Å². The molecule has 2 saturated heterocycles. The molecule has 7 rings (SSSR count). The fourth-order valence-corrected chi connectivity index (χ4v) is 10.7. The van der Waals surface area contributed by atoms with Gasteiger partial charge in [0.1, 0.15) is 5.75 Å². The Balaban J connectivity index is 1.36. The third-order valence-electron chi connectivity index (χ3n) is 10.1. The van der Waals surface area contributed by atoms with Gasteiger partial charge in [-0.3, -0.25) is 24.2 Å². The highest BCUT2D eigenvalue weighted by atomic mass is 28.4. The van der Waals surface area contributed by atoms with Gasteiger partial charge in [0, 0.05) is 34.9 Å². The molecule has 0 aliphatic carbocycles. The van der Waals surface area contributed by atoms with Gasteiger partial charge in [-0.2, -0.15) is 0 Å². The second-order valence-electron chi connectivity index (χ2n) is 13.2. The molecule has 0 radical (unpaired) electrons. The number of anilines is 4. The van der Waals surface area contributed by atoms with Crippen molar-refractivity contribution in [1.29, 1.82) is 0 Å². The summed E-state index contributed by atoms with van der Waals surface area (Å²) in [6, 6.07) is 21.7. The summed E-state index contributed by atoms with van der Waals surface area (Å²) < 4.78 is 28.9. The SMILES string of the molecule is C[C@@H]1[C@@H]([Si](C)(C)F)[C@H](CC(=O)N2CCC[C@H]2CO)O[C@@]12C(=O)N(c1ccccc1)c1ccc(N3C(=O)COc4ccccc43)cc12. The van der Waals surface area contributed by atoms with E-state index in [-0.39, 0.29) is 43.4 Å². The number of fused-ring (bicyclic) bond motifs is 3. The number of likely N-dealkylation sites (tertiary alicyclic amines) is 1. The average Bonchev–Trinajstić information content (AvgIpc) is 3.70. The first-order valence-electron chi connectivity index (χ1n) is 15.9. The Morgan fingerprint density at radius 1 is 1.00 bits per heavy atom. The van der Waals surface area contributed by atoms with E-state index in [9.17, 15) is 19.5 Å². The summed E-state index contributed by atoms with van der Waals surface area (Å²) in [4.78, 5) is 46.7. The number of aliphatic hydroxyl groups is 1. The lowest BCUT2D eigenvalue weighted by atomic mass is 9.82. The van der Waals surface area contributed by atoms with E-state index < -0.39 is 31.6 Å². The minimum Gasteiger partial charge on any atom is -0.482 e. The van der Waals surface area contributed by atoms with Crippen molar-refractivity contribution in [2.45, 2.75) is 62.6 Å². The van der Waals surface area contributed by atoms with Crippen molar-refractivity contribution in [3.05, 3.63) is 78.4 Å². The Morgan fingerprint density at radius 2 is 1.74 bits per heavy atom. The zero-order valence-electron chi connectivity index (χ0n) is 26.2. The number of carbonyl (C=O) groups excluding carboxylic acids is 3. The van der Waals surface area contributed by atoms with E-state index in [2.05, 4.69) is 0 Å². The molecular weight excluding hydrogens is 605 g/mol. The first-order valence-corrected chi connectivity index (χ1v) is 18.9. The Bertz CT molecular complexity index is 1700. The van der Waals surface area contributed by atoms with Crippen molar-refractivity contribution in [3.8, 4) is 5.75 Å². The van der Waals surface area contributed by atoms with Crippen LogP contribution in [0, 0.1) is 5.92 Å². The number of benzene rings is 3. The summed E-state index contributed by atoms with van der Waals surface area (Å²) in [5.41, 5.74) is 0.614. The third-order valence-corrected chi connectivity index (χ3v) is 12.6. The van der Waals surface area contributed by atoms with E-state index in [1.165, 1.54) is 0 Å². The minimum atomic E-state index is -3.53. The molecule has 11 heteroatoms. The number of hydrogen-bond donors (Lipinski definition) is 1. The number of amides is 3. The zero-order chi connectivity index (χ0) is 32.4. The smallest absolute Gasteiger partial charge is 0.269 e. The standard InChI is InChI=1S/C35H38FN3O6Si/c1-22-33(46(2,3)36)30(19-31(41)37-17-9-12-25(37)20-40)45-35(22)26-18-24(38-28-13-7-8-14-29(28)44-21-32(38)42)15-16-27(26)39(34(35)43)23-10-5-4-6-11-23/h4-8,10-11,13-16,18,22,25,30,33,40H,9,12,17,19-21H2,1-3H3/t22-,25+,30+,33-,35+/m1/s1. The minimum absolute atomic E-state index is 0.0867. The summed E-state index contributed by atoms with van der Waals surface area (Å²) in [7, 11) is -3.53. The molecule has 3 aromatic carbocycles. The average molecular weight is 644 g/mol. The molecule has 0 unspecified atom stereocenters. The normalized spacial score (nSPS) is 27.3. The molecule has 0 aromatic heterocycles. The quantitative estimate of drug-likeness (QED) is 0.279. The van der Waals surface area contributed by atoms with Gasteiger partial charge < -0.3 is 23.6 Å². The lowest BCUT2D eigenvalue weighted by Crippen LogP contribution is -2.44. The number of nitrogens with zero attached hydrogens (tertiary/aromatic N) is 3. The predicted octanol–water partition coefficient (Wildman–Crippen LogP) is 5.57. The molecule has 9 nitrogen and oxygen atoms in total. The van der Waals surface area contributed by atoms with Gasteiger partial charge in [-0.15, -0.1) is 0 Å².